The van der Waals surface area contributed by atoms with Gasteiger partial charge < -0.3 is 19.7 Å². The Balaban J connectivity index is 1.74. The number of aromatic nitrogens is 2. The van der Waals surface area contributed by atoms with E-state index >= 15 is 0 Å². The molecule has 2 aromatic rings. The van der Waals surface area contributed by atoms with Gasteiger partial charge in [0, 0.05) is 19.1 Å². The summed E-state index contributed by atoms with van der Waals surface area (Å²) in [6.07, 6.45) is 1.57. The molecule has 1 aliphatic rings. The SMILES string of the molecule is COc1nc2ccccc2nc1N[C@H]1CCCN(C(=O)OC(C)(C)C)C1. The van der Waals surface area contributed by atoms with Crippen molar-refractivity contribution in [1.82, 2.24) is 14.9 Å². The summed E-state index contributed by atoms with van der Waals surface area (Å²) in [6, 6.07) is 7.74. The molecule has 26 heavy (non-hydrogen) atoms. The molecule has 140 valence electrons. The molecule has 1 fully saturated rings. The Kier molecular flexibility index (Phi) is 5.15. The van der Waals surface area contributed by atoms with Crippen LogP contribution in [0.15, 0.2) is 24.3 Å². The average molecular weight is 358 g/mol. The fourth-order valence-corrected chi connectivity index (χ4v) is 3.00. The first-order valence-corrected chi connectivity index (χ1v) is 8.91. The van der Waals surface area contributed by atoms with Crippen molar-refractivity contribution in [3.05, 3.63) is 24.3 Å². The molecule has 1 saturated heterocycles. The highest BCUT2D eigenvalue weighted by molar-refractivity contribution is 5.77. The third-order valence-corrected chi connectivity index (χ3v) is 4.15. The number of likely N-dealkylation sites (tertiary alicyclic amines) is 1. The molecular weight excluding hydrogens is 332 g/mol. The number of carbonyl (C=O) groups excluding carboxylic acids is 1. The second kappa shape index (κ2) is 7.35. The van der Waals surface area contributed by atoms with Crippen molar-refractivity contribution in [1.29, 1.82) is 0 Å². The van der Waals surface area contributed by atoms with Gasteiger partial charge in [-0.25, -0.2) is 14.8 Å². The van der Waals surface area contributed by atoms with Gasteiger partial charge in [-0.15, -0.1) is 0 Å². The molecule has 1 amide bonds. The number of piperidine rings is 1. The Morgan fingerprint density at radius 2 is 1.92 bits per heavy atom. The molecule has 1 atom stereocenters. The molecule has 0 unspecified atom stereocenters. The molecule has 0 aliphatic carbocycles. The summed E-state index contributed by atoms with van der Waals surface area (Å²) in [5, 5.41) is 3.39. The molecule has 1 aliphatic heterocycles. The minimum Gasteiger partial charge on any atom is -0.478 e. The van der Waals surface area contributed by atoms with Crippen molar-refractivity contribution in [3.63, 3.8) is 0 Å². The molecule has 0 bridgehead atoms. The number of para-hydroxylation sites is 2. The number of nitrogens with zero attached hydrogens (tertiary/aromatic N) is 3. The van der Waals surface area contributed by atoms with Gasteiger partial charge in [-0.1, -0.05) is 12.1 Å². The van der Waals surface area contributed by atoms with Crippen molar-refractivity contribution in [2.75, 3.05) is 25.5 Å². The lowest BCUT2D eigenvalue weighted by molar-refractivity contribution is 0.0206. The fraction of sp³-hybridized carbons (Fsp3) is 0.526. The van der Waals surface area contributed by atoms with Crippen LogP contribution in [0.2, 0.25) is 0 Å². The minimum absolute atomic E-state index is 0.0700. The zero-order valence-corrected chi connectivity index (χ0v) is 15.8. The summed E-state index contributed by atoms with van der Waals surface area (Å²) < 4.78 is 10.9. The quantitative estimate of drug-likeness (QED) is 0.906. The lowest BCUT2D eigenvalue weighted by atomic mass is 10.1. The molecule has 0 spiro atoms. The first-order valence-electron chi connectivity index (χ1n) is 8.91. The Bertz CT molecular complexity index is 788. The Morgan fingerprint density at radius 3 is 2.58 bits per heavy atom. The van der Waals surface area contributed by atoms with Crippen molar-refractivity contribution < 1.29 is 14.3 Å². The second-order valence-corrected chi connectivity index (χ2v) is 7.48. The maximum atomic E-state index is 12.3. The number of methoxy groups -OCH3 is 1. The molecule has 2 heterocycles. The van der Waals surface area contributed by atoms with Crippen molar-refractivity contribution in [2.24, 2.45) is 0 Å². The number of carbonyl (C=O) groups is 1. The molecule has 7 heteroatoms. The number of hydrogen-bond donors (Lipinski definition) is 1. The van der Waals surface area contributed by atoms with Crippen LogP contribution in [0.25, 0.3) is 11.0 Å². The minimum atomic E-state index is -0.496. The van der Waals surface area contributed by atoms with Gasteiger partial charge in [0.15, 0.2) is 5.82 Å². The number of hydrogen-bond acceptors (Lipinski definition) is 6. The molecule has 1 aromatic carbocycles. The van der Waals surface area contributed by atoms with Crippen LogP contribution in [-0.2, 0) is 4.74 Å². The number of amides is 1. The first kappa shape index (κ1) is 18.2. The highest BCUT2D eigenvalue weighted by Crippen LogP contribution is 2.25. The van der Waals surface area contributed by atoms with Crippen LogP contribution in [0.4, 0.5) is 10.6 Å². The topological polar surface area (TPSA) is 76.6 Å². The van der Waals surface area contributed by atoms with E-state index in [0.717, 1.165) is 23.9 Å². The summed E-state index contributed by atoms with van der Waals surface area (Å²) in [5.41, 5.74) is 1.09. The van der Waals surface area contributed by atoms with E-state index in [1.54, 1.807) is 12.0 Å². The van der Waals surface area contributed by atoms with Gasteiger partial charge in [-0.05, 0) is 45.7 Å². The van der Waals surface area contributed by atoms with Crippen LogP contribution in [0, 0.1) is 0 Å². The summed E-state index contributed by atoms with van der Waals surface area (Å²) >= 11 is 0. The van der Waals surface area contributed by atoms with Gasteiger partial charge in [0.25, 0.3) is 5.88 Å². The van der Waals surface area contributed by atoms with Gasteiger partial charge >= 0.3 is 6.09 Å². The van der Waals surface area contributed by atoms with E-state index < -0.39 is 5.60 Å². The predicted molar refractivity (Wildman–Crippen MR) is 101 cm³/mol. The summed E-state index contributed by atoms with van der Waals surface area (Å²) in [7, 11) is 1.58. The molecular formula is C19H26N4O3. The number of anilines is 1. The number of benzene rings is 1. The monoisotopic (exact) mass is 358 g/mol. The van der Waals surface area contributed by atoms with E-state index in [0.29, 0.717) is 24.8 Å². The van der Waals surface area contributed by atoms with Crippen LogP contribution in [-0.4, -0.2) is 52.8 Å². The van der Waals surface area contributed by atoms with E-state index in [2.05, 4.69) is 15.3 Å². The van der Waals surface area contributed by atoms with Gasteiger partial charge in [-0.2, -0.15) is 0 Å². The van der Waals surface area contributed by atoms with E-state index in [9.17, 15) is 4.79 Å². The molecule has 7 nitrogen and oxygen atoms in total. The van der Waals surface area contributed by atoms with Crippen molar-refractivity contribution in [2.45, 2.75) is 45.3 Å². The van der Waals surface area contributed by atoms with Crippen LogP contribution < -0.4 is 10.1 Å². The third-order valence-electron chi connectivity index (χ3n) is 4.15. The Labute approximate surface area is 153 Å². The number of rotatable bonds is 3. The van der Waals surface area contributed by atoms with Gasteiger partial charge in [-0.3, -0.25) is 0 Å². The third kappa shape index (κ3) is 4.33. The Morgan fingerprint density at radius 1 is 1.23 bits per heavy atom. The predicted octanol–water partition coefficient (Wildman–Crippen LogP) is 3.45. The summed E-state index contributed by atoms with van der Waals surface area (Å²) in [5.74, 6) is 1.06. The lowest BCUT2D eigenvalue weighted by Gasteiger charge is -2.34. The van der Waals surface area contributed by atoms with Crippen LogP contribution in [0.1, 0.15) is 33.6 Å². The fourth-order valence-electron chi connectivity index (χ4n) is 3.00. The van der Waals surface area contributed by atoms with Crippen molar-refractivity contribution in [3.8, 4) is 5.88 Å². The highest BCUT2D eigenvalue weighted by atomic mass is 16.6. The number of nitrogens with one attached hydrogen (secondary N) is 1. The zero-order chi connectivity index (χ0) is 18.7. The second-order valence-electron chi connectivity index (χ2n) is 7.48. The van der Waals surface area contributed by atoms with E-state index in [-0.39, 0.29) is 12.1 Å². The van der Waals surface area contributed by atoms with Crippen LogP contribution >= 0.6 is 0 Å². The van der Waals surface area contributed by atoms with Crippen molar-refractivity contribution >= 4 is 22.9 Å². The van der Waals surface area contributed by atoms with E-state index in [4.69, 9.17) is 9.47 Å². The van der Waals surface area contributed by atoms with Gasteiger partial charge in [0.05, 0.1) is 18.1 Å². The van der Waals surface area contributed by atoms with Crippen LogP contribution in [0.3, 0.4) is 0 Å². The average Bonchev–Trinajstić information content (AvgIpc) is 2.60. The number of ether oxygens (including phenoxy) is 2. The van der Waals surface area contributed by atoms with E-state index in [1.807, 2.05) is 45.0 Å². The standard InChI is InChI=1S/C19H26N4O3/c1-19(2,3)26-18(24)23-11-7-8-13(12-23)20-16-17(25-4)22-15-10-6-5-9-14(15)21-16/h5-6,9-10,13H,7-8,11-12H2,1-4H3,(H,20,21)/t13-/m0/s1. The highest BCUT2D eigenvalue weighted by Gasteiger charge is 2.28. The molecule has 0 saturated carbocycles. The smallest absolute Gasteiger partial charge is 0.410 e. The normalized spacial score (nSPS) is 17.8. The lowest BCUT2D eigenvalue weighted by Crippen LogP contribution is -2.47. The molecule has 0 radical (unpaired) electrons. The van der Waals surface area contributed by atoms with Gasteiger partial charge in [0.1, 0.15) is 5.60 Å². The molecule has 3 rings (SSSR count). The maximum Gasteiger partial charge on any atom is 0.410 e. The summed E-state index contributed by atoms with van der Waals surface area (Å²) in [4.78, 5) is 23.2. The Hall–Kier alpha value is -2.57. The molecule has 1 aromatic heterocycles. The first-order chi connectivity index (χ1) is 12.4. The maximum absolute atomic E-state index is 12.3. The zero-order valence-electron chi connectivity index (χ0n) is 15.8. The summed E-state index contributed by atoms with van der Waals surface area (Å²) in [6.45, 7) is 6.89. The number of fused-ring (bicyclic) bond motifs is 1. The largest absolute Gasteiger partial charge is 0.478 e. The van der Waals surface area contributed by atoms with E-state index in [1.165, 1.54) is 0 Å². The molecule has 1 N–H and O–H groups in total. The van der Waals surface area contributed by atoms with Crippen LogP contribution in [0.5, 0.6) is 5.88 Å². The van der Waals surface area contributed by atoms with Gasteiger partial charge in [0.2, 0.25) is 0 Å².